The van der Waals surface area contributed by atoms with Gasteiger partial charge in [-0.15, -0.1) is 0 Å². The number of Topliss-reactive ketones (excluding diaryl/α,β-unsaturated/α-hetero) is 2. The number of carboxylic acid groups (broad SMARTS) is 1. The third-order valence-electron chi connectivity index (χ3n) is 18.7. The van der Waals surface area contributed by atoms with E-state index in [2.05, 4.69) is 16.0 Å². The molecule has 8 amide bonds. The Hall–Kier alpha value is -7.93. The molecule has 5 rings (SSSR count). The lowest BCUT2D eigenvalue weighted by Gasteiger charge is -2.41. The number of alkyl carbamates (subject to hydrolysis) is 1. The molecule has 3 aliphatic rings. The van der Waals surface area contributed by atoms with Crippen molar-refractivity contribution in [2.75, 3.05) is 52.8 Å². The van der Waals surface area contributed by atoms with Gasteiger partial charge in [-0.2, -0.15) is 0 Å². The number of carbonyl (C=O) groups excluding carboxylic acids is 10. The Morgan fingerprint density at radius 3 is 2.02 bits per heavy atom. The van der Waals surface area contributed by atoms with Crippen LogP contribution in [-0.4, -0.2) is 229 Å². The number of nitrogens with one attached hydrogen (secondary N) is 3. The quantitative estimate of drug-likeness (QED) is 0.0442. The molecule has 0 radical (unpaired) electrons. The van der Waals surface area contributed by atoms with Crippen LogP contribution < -0.4 is 20.7 Å². The molecule has 0 saturated carbocycles. The Bertz CT molecular complexity index is 3160. The monoisotopic (exact) mass is 1390 g/mol. The summed E-state index contributed by atoms with van der Waals surface area (Å²) < 4.78 is 28.2. The van der Waals surface area contributed by atoms with Gasteiger partial charge in [0, 0.05) is 96.1 Å². The van der Waals surface area contributed by atoms with Crippen LogP contribution in [0, 0.1) is 41.4 Å². The number of hydrogen-bond acceptors (Lipinski definition) is 21. The fourth-order valence-corrected chi connectivity index (χ4v) is 12.9. The van der Waals surface area contributed by atoms with E-state index in [0.29, 0.717) is 36.3 Å². The van der Waals surface area contributed by atoms with E-state index in [0.717, 1.165) is 17.1 Å². The normalized spacial score (nSPS) is 21.7. The number of likely N-dealkylation sites (tertiary alicyclic amines) is 1. The van der Waals surface area contributed by atoms with Gasteiger partial charge in [0.25, 0.3) is 11.8 Å². The van der Waals surface area contributed by atoms with Crippen LogP contribution in [0.4, 0.5) is 15.3 Å². The lowest BCUT2D eigenvalue weighted by Crippen LogP contribution is -2.61. The number of imide groups is 1. The third-order valence-corrected chi connectivity index (χ3v) is 18.7. The van der Waals surface area contributed by atoms with Crippen LogP contribution in [0.3, 0.4) is 0 Å². The number of ketones is 2. The number of rotatable bonds is 35. The zero-order valence-electron chi connectivity index (χ0n) is 59.2. The van der Waals surface area contributed by atoms with E-state index < -0.39 is 188 Å². The molecular weight excluding hydrogens is 1290 g/mol. The number of hydrogen-bond donors (Lipinski definition) is 9. The number of methoxy groups -OCH3 is 1. The summed E-state index contributed by atoms with van der Waals surface area (Å²) >= 11 is 0. The molecule has 29 heteroatoms. The van der Waals surface area contributed by atoms with Gasteiger partial charge < -0.3 is 85.0 Å². The average Bonchev–Trinajstić information content (AvgIpc) is 1.71. The number of amides is 8. The number of carbonyl (C=O) groups is 11. The highest BCUT2D eigenvalue weighted by atomic mass is 16.7. The molecule has 1 unspecified atom stereocenters. The molecule has 3 heterocycles. The summed E-state index contributed by atoms with van der Waals surface area (Å²) in [6, 6.07) is 9.08. The smallest absolute Gasteiger partial charge is 0.410 e. The summed E-state index contributed by atoms with van der Waals surface area (Å²) in [6.45, 7) is 17.8. The molecule has 29 nitrogen and oxygen atoms in total. The molecule has 3 aliphatic heterocycles. The first-order valence-corrected chi connectivity index (χ1v) is 33.7. The summed E-state index contributed by atoms with van der Waals surface area (Å²) in [7, 11) is 4.44. The van der Waals surface area contributed by atoms with Crippen LogP contribution in [0.2, 0.25) is 0 Å². The predicted molar refractivity (Wildman–Crippen MR) is 357 cm³/mol. The van der Waals surface area contributed by atoms with E-state index in [9.17, 15) is 83.4 Å². The average molecular weight is 1390 g/mol. The summed E-state index contributed by atoms with van der Waals surface area (Å²) in [6.07, 6.45) is -11.1. The van der Waals surface area contributed by atoms with Crippen molar-refractivity contribution < 1.29 is 107 Å². The Morgan fingerprint density at radius 2 is 1.44 bits per heavy atom. The van der Waals surface area contributed by atoms with Crippen molar-refractivity contribution in [2.24, 2.45) is 41.4 Å². The van der Waals surface area contributed by atoms with Gasteiger partial charge in [0.1, 0.15) is 48.1 Å². The minimum Gasteiger partial charge on any atom is -0.479 e. The van der Waals surface area contributed by atoms with Crippen LogP contribution in [0.5, 0.6) is 5.75 Å². The van der Waals surface area contributed by atoms with Crippen molar-refractivity contribution in [3.8, 4) is 5.75 Å². The highest BCUT2D eigenvalue weighted by Gasteiger charge is 2.49. The second kappa shape index (κ2) is 36.9. The summed E-state index contributed by atoms with van der Waals surface area (Å²) in [5, 5.41) is 70.6. The SMILES string of the molecule is CC[C@H](C)[C@@H]([C@@H](CC(=O)N1CCC[C@H]1[C@H](CO)[C@@H](C)C(=O)C[C@H](C)[C@@H](O)c1ccccc1)OC)N(C)C(=O)C(CC(=O)[C@H](C(C)C)N(C)C(=O)OCc1ccc(O[C@@H]2O[C@H](C(=O)O)[C@@H](O)[C@H](O)[C@H]2O)c(NC(=O)CCNC(=O)[C@H](CNC(=O)OC(C)(C)C)N2C(=O)C=CC2=O)c1)C(C)C. The molecular formula is C70H103N7O22. The topological polar surface area (TPSA) is 404 Å². The number of benzene rings is 2. The van der Waals surface area contributed by atoms with Gasteiger partial charge in [-0.1, -0.05) is 98.2 Å². The Kier molecular flexibility index (Phi) is 30.5. The maximum atomic E-state index is 15.0. The third kappa shape index (κ3) is 21.8. The molecule has 0 aromatic heterocycles. The van der Waals surface area contributed by atoms with Gasteiger partial charge in [-0.25, -0.2) is 14.4 Å². The van der Waals surface area contributed by atoms with Crippen LogP contribution >= 0.6 is 0 Å². The van der Waals surface area contributed by atoms with E-state index in [1.165, 1.54) is 32.4 Å². The zero-order chi connectivity index (χ0) is 74.1. The fourth-order valence-electron chi connectivity index (χ4n) is 12.9. The lowest BCUT2D eigenvalue weighted by atomic mass is 9.80. The highest BCUT2D eigenvalue weighted by Crippen LogP contribution is 2.36. The number of nitrogens with zero attached hydrogens (tertiary/aromatic N) is 4. The molecule has 0 spiro atoms. The predicted octanol–water partition coefficient (Wildman–Crippen LogP) is 3.89. The molecule has 0 aliphatic carbocycles. The van der Waals surface area contributed by atoms with Gasteiger partial charge in [-0.05, 0) is 80.5 Å². The maximum absolute atomic E-state index is 15.0. The summed E-state index contributed by atoms with van der Waals surface area (Å²) in [4.78, 5) is 154. The number of aliphatic hydroxyl groups excluding tert-OH is 5. The molecule has 2 aromatic carbocycles. The van der Waals surface area contributed by atoms with Crippen molar-refractivity contribution in [2.45, 2.75) is 200 Å². The van der Waals surface area contributed by atoms with Crippen molar-refractivity contribution >= 4 is 70.9 Å². The first-order valence-electron chi connectivity index (χ1n) is 33.7. The number of anilines is 1. The minimum absolute atomic E-state index is 0.0661. The number of ether oxygens (including phenoxy) is 5. The lowest BCUT2D eigenvalue weighted by molar-refractivity contribution is -0.271. The number of aliphatic carboxylic acids is 1. The van der Waals surface area contributed by atoms with Gasteiger partial charge in [0.2, 0.25) is 29.9 Å². The van der Waals surface area contributed by atoms with E-state index in [1.807, 2.05) is 32.0 Å². The van der Waals surface area contributed by atoms with Crippen LogP contribution in [0.25, 0.3) is 0 Å². The Balaban J connectivity index is 1.29. The molecule has 99 heavy (non-hydrogen) atoms. The number of likely N-dealkylation sites (N-methyl/N-ethyl adjacent to an activating group) is 2. The van der Waals surface area contributed by atoms with E-state index >= 15 is 0 Å². The summed E-state index contributed by atoms with van der Waals surface area (Å²) in [5.41, 5.74) is -0.277. The number of carboxylic acids is 1. The second-order valence-corrected chi connectivity index (χ2v) is 27.7. The Labute approximate surface area is 578 Å². The highest BCUT2D eigenvalue weighted by molar-refractivity contribution is 6.15. The second-order valence-electron chi connectivity index (χ2n) is 27.7. The molecule has 2 aromatic rings. The van der Waals surface area contributed by atoms with E-state index in [1.54, 1.807) is 91.3 Å². The molecule has 550 valence electrons. The van der Waals surface area contributed by atoms with Crippen LogP contribution in [0.1, 0.15) is 138 Å². The van der Waals surface area contributed by atoms with Crippen LogP contribution in [0.15, 0.2) is 60.7 Å². The molecule has 9 N–H and O–H groups in total. The number of aliphatic hydroxyl groups is 5. The molecule has 2 fully saturated rings. The van der Waals surface area contributed by atoms with Crippen LogP contribution in [-0.2, 0) is 68.7 Å². The first-order chi connectivity index (χ1) is 46.5. The van der Waals surface area contributed by atoms with Crippen molar-refractivity contribution in [1.82, 2.24) is 30.2 Å². The minimum atomic E-state index is -2.08. The fraction of sp³-hybridized carbons (Fsp3) is 0.643. The molecule has 0 bridgehead atoms. The standard InChI is InChI=1S/C70H103N7O22/c1-15-39(6)58(52(95-14)33-56(84)76-29-19-22-47(76)45(35-78)41(8)49(79)30-40(7)59(85)43-20-17-16-18-21-43)74(12)65(90)44(37(2)3)32-50(80)57(38(4)5)75(13)69(94)96-36-42-23-24-51(97-67-62(88)60(86)61(87)63(98-67)66(91)92)46(31-42)73-53(81)27-28-71-64(89)48(77-54(82)25-26-55(77)83)34-72-68(93)99-70(9,10)11/h16-18,20-21,23-26,31,37-41,44-45,47-48,52,57-63,67,78,85-88H,15,19,22,27-30,32-36H2,1-14H3,(H,71,89)(H,72,93)(H,73,81)(H,91,92)/t39-,40-,41+,44?,45+,47-,48-,52+,57-,58-,59+,60-,61-,62+,63-,67+/m0/s1. The van der Waals surface area contributed by atoms with E-state index in [4.69, 9.17) is 23.7 Å². The molecule has 16 atom stereocenters. The summed E-state index contributed by atoms with van der Waals surface area (Å²) in [5.74, 6) is -10.4. The van der Waals surface area contributed by atoms with Gasteiger partial charge in [0.15, 0.2) is 11.9 Å². The van der Waals surface area contributed by atoms with Crippen molar-refractivity contribution in [3.63, 3.8) is 0 Å². The van der Waals surface area contributed by atoms with Gasteiger partial charge in [-0.3, -0.25) is 43.3 Å². The Morgan fingerprint density at radius 1 is 0.798 bits per heavy atom. The van der Waals surface area contributed by atoms with E-state index in [-0.39, 0.29) is 60.5 Å². The van der Waals surface area contributed by atoms with Crippen molar-refractivity contribution in [1.29, 1.82) is 0 Å². The van der Waals surface area contributed by atoms with Gasteiger partial charge >= 0.3 is 18.2 Å². The first kappa shape index (κ1) is 81.7. The maximum Gasteiger partial charge on any atom is 0.410 e. The largest absolute Gasteiger partial charge is 0.479 e. The zero-order valence-corrected chi connectivity index (χ0v) is 59.2. The van der Waals surface area contributed by atoms with Crippen molar-refractivity contribution in [3.05, 3.63) is 71.8 Å². The van der Waals surface area contributed by atoms with Gasteiger partial charge in [0.05, 0.1) is 42.9 Å². The molecule has 2 saturated heterocycles.